The van der Waals surface area contributed by atoms with E-state index in [1.165, 1.54) is 0 Å². The van der Waals surface area contributed by atoms with E-state index in [9.17, 15) is 9.90 Å². The van der Waals surface area contributed by atoms with Gasteiger partial charge < -0.3 is 9.84 Å². The van der Waals surface area contributed by atoms with Crippen LogP contribution in [0.5, 0.6) is 5.75 Å². The number of hydrogen-bond acceptors (Lipinski definition) is 4. The van der Waals surface area contributed by atoms with E-state index in [-0.39, 0.29) is 12.5 Å². The Morgan fingerprint density at radius 2 is 2.12 bits per heavy atom. The molecule has 0 aliphatic carbocycles. The average Bonchev–Trinajstić information content (AvgIpc) is 2.67. The largest absolute Gasteiger partial charge is 0.497 e. The fraction of sp³-hybridized carbons (Fsp3) is 0.417. The van der Waals surface area contributed by atoms with Crippen LogP contribution in [0.15, 0.2) is 24.3 Å². The number of methoxy groups -OCH3 is 1. The minimum atomic E-state index is -0.736. The highest BCUT2D eigenvalue weighted by molar-refractivity contribution is 5.87. The summed E-state index contributed by atoms with van der Waals surface area (Å²) >= 11 is 0. The lowest BCUT2D eigenvalue weighted by atomic mass is 9.92. The lowest BCUT2D eigenvalue weighted by Gasteiger charge is -2.19. The van der Waals surface area contributed by atoms with Gasteiger partial charge in [-0.1, -0.05) is 0 Å². The molecule has 1 aliphatic rings. The molecule has 2 rings (SSSR count). The molecule has 2 N–H and O–H groups in total. The van der Waals surface area contributed by atoms with Crippen LogP contribution in [0.4, 0.5) is 5.69 Å². The number of anilines is 1. The zero-order valence-electron chi connectivity index (χ0n) is 9.93. The van der Waals surface area contributed by atoms with Crippen LogP contribution in [0, 0.1) is 5.41 Å². The third-order valence-electron chi connectivity index (χ3n) is 3.02. The molecule has 0 saturated carbocycles. The van der Waals surface area contributed by atoms with Crippen molar-refractivity contribution in [2.45, 2.75) is 6.92 Å². The number of ether oxygens (including phenoxy) is 1. The molecule has 0 bridgehead atoms. The Kier molecular flexibility index (Phi) is 2.93. The number of amides is 1. The van der Waals surface area contributed by atoms with Gasteiger partial charge in [-0.2, -0.15) is 0 Å². The smallest absolute Gasteiger partial charge is 0.248 e. The van der Waals surface area contributed by atoms with Crippen molar-refractivity contribution in [2.75, 3.05) is 25.3 Å². The number of aliphatic hydroxyl groups is 1. The van der Waals surface area contributed by atoms with Crippen LogP contribution in [-0.4, -0.2) is 31.3 Å². The summed E-state index contributed by atoms with van der Waals surface area (Å²) in [6.07, 6.45) is 0. The van der Waals surface area contributed by atoms with Gasteiger partial charge in [-0.25, -0.2) is 0 Å². The Hall–Kier alpha value is -1.75. The summed E-state index contributed by atoms with van der Waals surface area (Å²) in [5, 5.41) is 11.0. The minimum Gasteiger partial charge on any atom is -0.497 e. The highest BCUT2D eigenvalue weighted by Crippen LogP contribution is 2.28. The molecule has 5 nitrogen and oxygen atoms in total. The molecule has 1 aromatic rings. The van der Waals surface area contributed by atoms with Gasteiger partial charge in [0.1, 0.15) is 5.75 Å². The number of aliphatic hydroxyl groups excluding tert-OH is 1. The molecule has 0 radical (unpaired) electrons. The number of carbonyl (C=O) groups is 1. The van der Waals surface area contributed by atoms with Gasteiger partial charge >= 0.3 is 0 Å². The Labute approximate surface area is 100.0 Å². The number of nitrogens with one attached hydrogen (secondary N) is 1. The average molecular weight is 236 g/mol. The zero-order chi connectivity index (χ0) is 12.5. The van der Waals surface area contributed by atoms with Crippen molar-refractivity contribution >= 4 is 11.6 Å². The molecule has 1 amide bonds. The Morgan fingerprint density at radius 1 is 1.47 bits per heavy atom. The molecule has 17 heavy (non-hydrogen) atoms. The number of benzene rings is 1. The third kappa shape index (κ3) is 2.06. The minimum absolute atomic E-state index is 0.157. The SMILES string of the molecule is COc1ccc(N2CC(C)(CO)C(=O)N2)cc1. The van der Waals surface area contributed by atoms with E-state index in [1.54, 1.807) is 19.0 Å². The third-order valence-corrected chi connectivity index (χ3v) is 3.02. The quantitative estimate of drug-likeness (QED) is 0.804. The van der Waals surface area contributed by atoms with Crippen LogP contribution in [0.25, 0.3) is 0 Å². The van der Waals surface area contributed by atoms with Gasteiger partial charge in [0.15, 0.2) is 0 Å². The molecule has 1 aliphatic heterocycles. The van der Waals surface area contributed by atoms with Gasteiger partial charge in [-0.15, -0.1) is 0 Å². The van der Waals surface area contributed by atoms with E-state index in [0.717, 1.165) is 11.4 Å². The molecule has 1 atom stereocenters. The van der Waals surface area contributed by atoms with Gasteiger partial charge in [-0.3, -0.25) is 15.2 Å². The lowest BCUT2D eigenvalue weighted by Crippen LogP contribution is -2.34. The van der Waals surface area contributed by atoms with Gasteiger partial charge in [0.05, 0.1) is 31.4 Å². The Bertz CT molecular complexity index is 418. The summed E-state index contributed by atoms with van der Waals surface area (Å²) in [7, 11) is 1.61. The molecule has 1 fully saturated rings. The van der Waals surface area contributed by atoms with Crippen molar-refractivity contribution in [2.24, 2.45) is 5.41 Å². The summed E-state index contributed by atoms with van der Waals surface area (Å²) in [5.74, 6) is 0.611. The van der Waals surface area contributed by atoms with Crippen molar-refractivity contribution in [3.05, 3.63) is 24.3 Å². The molecule has 5 heteroatoms. The van der Waals surface area contributed by atoms with Crippen molar-refractivity contribution < 1.29 is 14.6 Å². The summed E-state index contributed by atoms with van der Waals surface area (Å²) in [4.78, 5) is 11.7. The van der Waals surface area contributed by atoms with Crippen molar-refractivity contribution in [1.82, 2.24) is 5.43 Å². The van der Waals surface area contributed by atoms with Crippen LogP contribution in [0.1, 0.15) is 6.92 Å². The predicted octanol–water partition coefficient (Wildman–Crippen LogP) is 0.545. The lowest BCUT2D eigenvalue weighted by molar-refractivity contribution is -0.128. The Morgan fingerprint density at radius 3 is 2.59 bits per heavy atom. The van der Waals surface area contributed by atoms with Gasteiger partial charge in [0, 0.05) is 0 Å². The Balaban J connectivity index is 2.17. The second-order valence-corrected chi connectivity index (χ2v) is 4.44. The summed E-state index contributed by atoms with van der Waals surface area (Å²) in [6.45, 7) is 2.03. The molecule has 1 saturated heterocycles. The molecule has 1 heterocycles. The first-order valence-corrected chi connectivity index (χ1v) is 5.42. The van der Waals surface area contributed by atoms with Crippen LogP contribution in [0.2, 0.25) is 0 Å². The first-order valence-electron chi connectivity index (χ1n) is 5.42. The first kappa shape index (κ1) is 11.7. The van der Waals surface area contributed by atoms with E-state index in [0.29, 0.717) is 6.54 Å². The van der Waals surface area contributed by atoms with Gasteiger partial charge in [0.2, 0.25) is 5.91 Å². The van der Waals surface area contributed by atoms with Crippen molar-refractivity contribution in [3.63, 3.8) is 0 Å². The van der Waals surface area contributed by atoms with Gasteiger partial charge in [-0.05, 0) is 31.2 Å². The molecule has 1 aromatic carbocycles. The second kappa shape index (κ2) is 4.25. The summed E-state index contributed by atoms with van der Waals surface area (Å²) < 4.78 is 5.07. The van der Waals surface area contributed by atoms with E-state index in [2.05, 4.69) is 5.43 Å². The second-order valence-electron chi connectivity index (χ2n) is 4.44. The maximum absolute atomic E-state index is 11.7. The van der Waals surface area contributed by atoms with E-state index in [4.69, 9.17) is 4.74 Å². The van der Waals surface area contributed by atoms with E-state index in [1.807, 2.05) is 24.3 Å². The number of rotatable bonds is 3. The van der Waals surface area contributed by atoms with Crippen LogP contribution in [0.3, 0.4) is 0 Å². The summed E-state index contributed by atoms with van der Waals surface area (Å²) in [6, 6.07) is 7.39. The molecule has 0 spiro atoms. The zero-order valence-corrected chi connectivity index (χ0v) is 9.93. The first-order chi connectivity index (χ1) is 8.09. The van der Waals surface area contributed by atoms with Crippen molar-refractivity contribution in [3.8, 4) is 5.75 Å². The highest BCUT2D eigenvalue weighted by atomic mass is 16.5. The van der Waals surface area contributed by atoms with Crippen molar-refractivity contribution in [1.29, 1.82) is 0 Å². The maximum Gasteiger partial charge on any atom is 0.248 e. The fourth-order valence-corrected chi connectivity index (χ4v) is 1.76. The predicted molar refractivity (Wildman–Crippen MR) is 63.7 cm³/mol. The highest BCUT2D eigenvalue weighted by Gasteiger charge is 2.41. The number of nitrogens with zero attached hydrogens (tertiary/aromatic N) is 1. The monoisotopic (exact) mass is 236 g/mol. The fourth-order valence-electron chi connectivity index (χ4n) is 1.76. The normalized spacial score (nSPS) is 23.7. The number of hydrazine groups is 1. The van der Waals surface area contributed by atoms with Crippen LogP contribution < -0.4 is 15.2 Å². The maximum atomic E-state index is 11.7. The summed E-state index contributed by atoms with van der Waals surface area (Å²) in [5.41, 5.74) is 2.88. The van der Waals surface area contributed by atoms with E-state index >= 15 is 0 Å². The number of hydrogen-bond donors (Lipinski definition) is 2. The number of carbonyl (C=O) groups excluding carboxylic acids is 1. The molecular formula is C12H16N2O3. The molecule has 92 valence electrons. The van der Waals surface area contributed by atoms with E-state index < -0.39 is 5.41 Å². The standard InChI is InChI=1S/C12H16N2O3/c1-12(8-15)7-14(13-11(12)16)9-3-5-10(17-2)6-4-9/h3-6,15H,7-8H2,1-2H3,(H,13,16). The van der Waals surface area contributed by atoms with Crippen LogP contribution >= 0.6 is 0 Å². The topological polar surface area (TPSA) is 61.8 Å². The molecule has 1 unspecified atom stereocenters. The van der Waals surface area contributed by atoms with Gasteiger partial charge in [0.25, 0.3) is 0 Å². The van der Waals surface area contributed by atoms with Crippen LogP contribution in [-0.2, 0) is 4.79 Å². The molecular weight excluding hydrogens is 220 g/mol. The molecule has 0 aromatic heterocycles.